The van der Waals surface area contributed by atoms with Crippen molar-refractivity contribution < 1.29 is 12.8 Å². The third-order valence-corrected chi connectivity index (χ3v) is 5.63. The second-order valence-corrected chi connectivity index (χ2v) is 8.02. The van der Waals surface area contributed by atoms with Gasteiger partial charge in [0.2, 0.25) is 21.8 Å². The van der Waals surface area contributed by atoms with Crippen molar-refractivity contribution in [3.63, 3.8) is 0 Å². The highest BCUT2D eigenvalue weighted by atomic mass is 32.2. The molecule has 0 fully saturated rings. The number of hydrogen-bond donors (Lipinski definition) is 1. The van der Waals surface area contributed by atoms with Gasteiger partial charge in [-0.05, 0) is 50.1 Å². The average molecular weight is 371 g/mol. The summed E-state index contributed by atoms with van der Waals surface area (Å²) in [5, 5.41) is 8.01. The molecule has 3 aromatic rings. The van der Waals surface area contributed by atoms with Crippen LogP contribution in [-0.2, 0) is 16.4 Å². The standard InChI is InChI=1S/C19H21N3O3S/c1-13-5-8-16(9-6-13)19-22-21-18(25-19)10-11-20-26(23,24)17-12-14(2)4-7-15(17)3/h4-9,12,20H,10-11H2,1-3H3. The topological polar surface area (TPSA) is 85.1 Å². The Kier molecular flexibility index (Phi) is 5.20. The largest absolute Gasteiger partial charge is 0.421 e. The van der Waals surface area contributed by atoms with E-state index in [1.54, 1.807) is 19.1 Å². The van der Waals surface area contributed by atoms with Gasteiger partial charge in [0.05, 0.1) is 4.90 Å². The summed E-state index contributed by atoms with van der Waals surface area (Å²) in [4.78, 5) is 0.295. The lowest BCUT2D eigenvalue weighted by Crippen LogP contribution is -2.26. The maximum absolute atomic E-state index is 12.5. The van der Waals surface area contributed by atoms with Crippen LogP contribution in [0.5, 0.6) is 0 Å². The van der Waals surface area contributed by atoms with Crippen LogP contribution in [0.15, 0.2) is 51.8 Å². The van der Waals surface area contributed by atoms with E-state index in [4.69, 9.17) is 4.42 Å². The van der Waals surface area contributed by atoms with Gasteiger partial charge in [-0.25, -0.2) is 13.1 Å². The maximum Gasteiger partial charge on any atom is 0.247 e. The Hall–Kier alpha value is -2.51. The van der Waals surface area contributed by atoms with Crippen molar-refractivity contribution in [2.75, 3.05) is 6.54 Å². The number of hydrogen-bond acceptors (Lipinski definition) is 5. The Bertz CT molecular complexity index is 1010. The smallest absolute Gasteiger partial charge is 0.247 e. The molecule has 2 aromatic carbocycles. The van der Waals surface area contributed by atoms with Crippen LogP contribution < -0.4 is 4.72 Å². The lowest BCUT2D eigenvalue weighted by Gasteiger charge is -2.09. The minimum atomic E-state index is -3.57. The van der Waals surface area contributed by atoms with Crippen LogP contribution in [0.3, 0.4) is 0 Å². The number of aromatic nitrogens is 2. The van der Waals surface area contributed by atoms with Crippen molar-refractivity contribution in [3.8, 4) is 11.5 Å². The number of sulfonamides is 1. The predicted molar refractivity (Wildman–Crippen MR) is 99.3 cm³/mol. The van der Waals surface area contributed by atoms with E-state index in [-0.39, 0.29) is 6.54 Å². The molecule has 0 saturated heterocycles. The molecule has 136 valence electrons. The first kappa shape index (κ1) is 18.3. The first-order chi connectivity index (χ1) is 12.3. The summed E-state index contributed by atoms with van der Waals surface area (Å²) in [5.74, 6) is 0.821. The monoisotopic (exact) mass is 371 g/mol. The molecule has 0 aliphatic carbocycles. The van der Waals surface area contributed by atoms with E-state index in [1.165, 1.54) is 0 Å². The Morgan fingerprint density at radius 1 is 0.962 bits per heavy atom. The van der Waals surface area contributed by atoms with E-state index in [0.717, 1.165) is 16.7 Å². The third kappa shape index (κ3) is 4.17. The third-order valence-electron chi connectivity index (χ3n) is 4.03. The normalized spacial score (nSPS) is 11.7. The SMILES string of the molecule is Cc1ccc(-c2nnc(CCNS(=O)(=O)c3cc(C)ccc3C)o2)cc1. The van der Waals surface area contributed by atoms with Gasteiger partial charge in [-0.2, -0.15) is 0 Å². The Labute approximate surface area is 153 Å². The van der Waals surface area contributed by atoms with Gasteiger partial charge in [0.1, 0.15) is 0 Å². The molecule has 0 aliphatic heterocycles. The van der Waals surface area contributed by atoms with E-state index in [0.29, 0.717) is 28.7 Å². The fourth-order valence-electron chi connectivity index (χ4n) is 2.53. The molecule has 0 atom stereocenters. The summed E-state index contributed by atoms with van der Waals surface area (Å²) < 4.78 is 33.2. The van der Waals surface area contributed by atoms with Gasteiger partial charge in [-0.3, -0.25) is 0 Å². The quantitative estimate of drug-likeness (QED) is 0.719. The summed E-state index contributed by atoms with van der Waals surface area (Å²) in [7, 11) is -3.57. The summed E-state index contributed by atoms with van der Waals surface area (Å²) in [6, 6.07) is 13.1. The molecule has 0 bridgehead atoms. The Morgan fingerprint density at radius 3 is 2.38 bits per heavy atom. The molecule has 6 nitrogen and oxygen atoms in total. The van der Waals surface area contributed by atoms with Crippen LogP contribution in [0, 0.1) is 20.8 Å². The molecule has 1 aromatic heterocycles. The van der Waals surface area contributed by atoms with Crippen LogP contribution in [0.2, 0.25) is 0 Å². The molecule has 7 heteroatoms. The predicted octanol–water partition coefficient (Wildman–Crippen LogP) is 3.18. The highest BCUT2D eigenvalue weighted by Crippen LogP contribution is 2.19. The second kappa shape index (κ2) is 7.39. The lowest BCUT2D eigenvalue weighted by atomic mass is 10.1. The van der Waals surface area contributed by atoms with Crippen molar-refractivity contribution in [2.24, 2.45) is 0 Å². The molecular weight excluding hydrogens is 350 g/mol. The van der Waals surface area contributed by atoms with Crippen LogP contribution >= 0.6 is 0 Å². The highest BCUT2D eigenvalue weighted by Gasteiger charge is 2.17. The maximum atomic E-state index is 12.5. The minimum absolute atomic E-state index is 0.186. The average Bonchev–Trinajstić information content (AvgIpc) is 3.06. The molecule has 0 saturated carbocycles. The van der Waals surface area contributed by atoms with Crippen molar-refractivity contribution in [1.29, 1.82) is 0 Å². The van der Waals surface area contributed by atoms with Crippen LogP contribution in [0.4, 0.5) is 0 Å². The van der Waals surface area contributed by atoms with Gasteiger partial charge in [-0.1, -0.05) is 29.8 Å². The van der Waals surface area contributed by atoms with Gasteiger partial charge in [0.15, 0.2) is 0 Å². The summed E-state index contributed by atoms with van der Waals surface area (Å²) >= 11 is 0. The summed E-state index contributed by atoms with van der Waals surface area (Å²) in [5.41, 5.74) is 3.60. The molecule has 0 radical (unpaired) electrons. The van der Waals surface area contributed by atoms with Crippen molar-refractivity contribution >= 4 is 10.0 Å². The van der Waals surface area contributed by atoms with Crippen molar-refractivity contribution in [2.45, 2.75) is 32.1 Å². The van der Waals surface area contributed by atoms with E-state index >= 15 is 0 Å². The van der Waals surface area contributed by atoms with E-state index in [1.807, 2.05) is 44.2 Å². The molecular formula is C19H21N3O3S. The molecule has 0 unspecified atom stereocenters. The Balaban J connectivity index is 1.65. The van der Waals surface area contributed by atoms with Gasteiger partial charge in [0, 0.05) is 18.5 Å². The van der Waals surface area contributed by atoms with Gasteiger partial charge in [0.25, 0.3) is 0 Å². The molecule has 0 amide bonds. The molecule has 0 spiro atoms. The van der Waals surface area contributed by atoms with Gasteiger partial charge >= 0.3 is 0 Å². The van der Waals surface area contributed by atoms with E-state index < -0.39 is 10.0 Å². The number of rotatable bonds is 6. The highest BCUT2D eigenvalue weighted by molar-refractivity contribution is 7.89. The zero-order valence-corrected chi connectivity index (χ0v) is 15.8. The summed E-state index contributed by atoms with van der Waals surface area (Å²) in [6.45, 7) is 5.83. The Morgan fingerprint density at radius 2 is 1.65 bits per heavy atom. The van der Waals surface area contributed by atoms with E-state index in [2.05, 4.69) is 14.9 Å². The second-order valence-electron chi connectivity index (χ2n) is 6.28. The van der Waals surface area contributed by atoms with Gasteiger partial charge in [-0.15, -0.1) is 10.2 Å². The molecule has 1 N–H and O–H groups in total. The summed E-state index contributed by atoms with van der Waals surface area (Å²) in [6.07, 6.45) is 0.322. The van der Waals surface area contributed by atoms with Crippen LogP contribution in [-0.4, -0.2) is 25.2 Å². The van der Waals surface area contributed by atoms with Crippen molar-refractivity contribution in [1.82, 2.24) is 14.9 Å². The molecule has 26 heavy (non-hydrogen) atoms. The van der Waals surface area contributed by atoms with Crippen molar-refractivity contribution in [3.05, 3.63) is 65.0 Å². The van der Waals surface area contributed by atoms with Crippen LogP contribution in [0.1, 0.15) is 22.6 Å². The molecule has 0 aliphatic rings. The zero-order chi connectivity index (χ0) is 18.7. The lowest BCUT2D eigenvalue weighted by molar-refractivity contribution is 0.502. The number of aryl methyl sites for hydroxylation is 3. The van der Waals surface area contributed by atoms with Crippen LogP contribution in [0.25, 0.3) is 11.5 Å². The zero-order valence-electron chi connectivity index (χ0n) is 15.0. The molecule has 1 heterocycles. The van der Waals surface area contributed by atoms with Gasteiger partial charge < -0.3 is 4.42 Å². The number of nitrogens with zero attached hydrogens (tertiary/aromatic N) is 2. The fraction of sp³-hybridized carbons (Fsp3) is 0.263. The van der Waals surface area contributed by atoms with E-state index in [9.17, 15) is 8.42 Å². The fourth-order valence-corrected chi connectivity index (χ4v) is 3.89. The minimum Gasteiger partial charge on any atom is -0.421 e. The molecule has 3 rings (SSSR count). The first-order valence-electron chi connectivity index (χ1n) is 8.31. The number of nitrogens with one attached hydrogen (secondary N) is 1. The number of benzene rings is 2. The first-order valence-corrected chi connectivity index (χ1v) is 9.80.